The summed E-state index contributed by atoms with van der Waals surface area (Å²) < 4.78 is 33.1. The van der Waals surface area contributed by atoms with Crippen LogP contribution in [-0.2, 0) is 14.8 Å². The third kappa shape index (κ3) is 5.40. The highest BCUT2D eigenvalue weighted by atomic mass is 32.2. The molecule has 0 aliphatic carbocycles. The smallest absolute Gasteiger partial charge is 0.337 e. The van der Waals surface area contributed by atoms with Crippen molar-refractivity contribution in [3.63, 3.8) is 0 Å². The van der Waals surface area contributed by atoms with E-state index in [0.29, 0.717) is 24.6 Å². The Morgan fingerprint density at radius 3 is 2.48 bits per heavy atom. The predicted molar refractivity (Wildman–Crippen MR) is 121 cm³/mol. The number of carbonyl (C=O) groups excluding carboxylic acids is 2. The number of hydrogen-bond donors (Lipinski definition) is 1. The summed E-state index contributed by atoms with van der Waals surface area (Å²) in [5, 5.41) is 0. The lowest BCUT2D eigenvalue weighted by Crippen LogP contribution is -2.38. The third-order valence-corrected chi connectivity index (χ3v) is 7.49. The Morgan fingerprint density at radius 1 is 1.13 bits per heavy atom. The topological polar surface area (TPSA) is 92.8 Å². The molecule has 31 heavy (non-hydrogen) atoms. The summed E-state index contributed by atoms with van der Waals surface area (Å²) in [4.78, 5) is 27.4. The highest BCUT2D eigenvalue weighted by Crippen LogP contribution is 2.28. The van der Waals surface area contributed by atoms with Gasteiger partial charge in [-0.25, -0.2) is 13.2 Å². The van der Waals surface area contributed by atoms with Crippen molar-refractivity contribution in [1.82, 2.24) is 4.90 Å². The summed E-state index contributed by atoms with van der Waals surface area (Å²) in [6.45, 7) is 3.51. The van der Waals surface area contributed by atoms with Gasteiger partial charge in [0.05, 0.1) is 23.1 Å². The first-order valence-corrected chi connectivity index (χ1v) is 12.6. The quantitative estimate of drug-likeness (QED) is 0.518. The first-order chi connectivity index (χ1) is 14.7. The second-order valence-electron chi connectivity index (χ2n) is 7.51. The molecule has 1 fully saturated rings. The molecular weight excluding hydrogens is 436 g/mol. The second kappa shape index (κ2) is 9.74. The standard InChI is InChI=1S/C22H26N2O5S2/c1-15-9-11-24(12-10-15)21(25)19-14-18(7-8-20(19)30-3)31(27,28)23-17-6-4-5-16(13-17)22(26)29-2/h4-8,13-15,23H,9-12H2,1-3H3. The molecule has 1 aliphatic rings. The zero-order chi connectivity index (χ0) is 22.6. The number of rotatable bonds is 6. The van der Waals surface area contributed by atoms with Crippen LogP contribution >= 0.6 is 11.8 Å². The second-order valence-corrected chi connectivity index (χ2v) is 10.0. The molecule has 0 radical (unpaired) electrons. The average Bonchev–Trinajstić information content (AvgIpc) is 2.78. The van der Waals surface area contributed by atoms with Gasteiger partial charge in [0, 0.05) is 23.7 Å². The number of piperidine rings is 1. The molecule has 0 unspecified atom stereocenters. The van der Waals surface area contributed by atoms with Crippen LogP contribution in [0.4, 0.5) is 5.69 Å². The van der Waals surface area contributed by atoms with Gasteiger partial charge in [0.25, 0.3) is 15.9 Å². The average molecular weight is 463 g/mol. The first-order valence-electron chi connectivity index (χ1n) is 9.93. The first kappa shape index (κ1) is 23.1. The number of sulfonamides is 1. The SMILES string of the molecule is COC(=O)c1cccc(NS(=O)(=O)c2ccc(SC)c(C(=O)N3CCC(C)CC3)c2)c1. The number of hydrogen-bond acceptors (Lipinski definition) is 6. The fraction of sp³-hybridized carbons (Fsp3) is 0.364. The molecule has 1 N–H and O–H groups in total. The van der Waals surface area contributed by atoms with Crippen molar-refractivity contribution < 1.29 is 22.7 Å². The largest absolute Gasteiger partial charge is 0.465 e. The van der Waals surface area contributed by atoms with Crippen molar-refractivity contribution in [2.45, 2.75) is 29.6 Å². The lowest BCUT2D eigenvalue weighted by atomic mass is 9.98. The molecule has 0 atom stereocenters. The summed E-state index contributed by atoms with van der Waals surface area (Å²) in [6, 6.07) is 10.6. The van der Waals surface area contributed by atoms with E-state index in [2.05, 4.69) is 16.4 Å². The highest BCUT2D eigenvalue weighted by Gasteiger charge is 2.25. The van der Waals surface area contributed by atoms with E-state index in [1.54, 1.807) is 23.1 Å². The molecule has 0 aromatic heterocycles. The molecule has 1 amide bonds. The molecule has 1 aliphatic heterocycles. The number of likely N-dealkylation sites (tertiary alicyclic amines) is 1. The van der Waals surface area contributed by atoms with E-state index in [9.17, 15) is 18.0 Å². The molecule has 0 saturated carbocycles. The maximum Gasteiger partial charge on any atom is 0.337 e. The molecule has 7 nitrogen and oxygen atoms in total. The van der Waals surface area contributed by atoms with Crippen molar-refractivity contribution in [1.29, 1.82) is 0 Å². The lowest BCUT2D eigenvalue weighted by molar-refractivity contribution is 0.0600. The van der Waals surface area contributed by atoms with E-state index in [4.69, 9.17) is 0 Å². The van der Waals surface area contributed by atoms with Crippen LogP contribution in [0.1, 0.15) is 40.5 Å². The van der Waals surface area contributed by atoms with Crippen molar-refractivity contribution in [3.8, 4) is 0 Å². The lowest BCUT2D eigenvalue weighted by Gasteiger charge is -2.30. The van der Waals surface area contributed by atoms with Crippen LogP contribution in [-0.4, -0.2) is 51.6 Å². The highest BCUT2D eigenvalue weighted by molar-refractivity contribution is 7.98. The normalized spacial score (nSPS) is 14.9. The summed E-state index contributed by atoms with van der Waals surface area (Å²) >= 11 is 1.41. The summed E-state index contributed by atoms with van der Waals surface area (Å²) in [5.41, 5.74) is 0.846. The molecular formula is C22H26N2O5S2. The zero-order valence-electron chi connectivity index (χ0n) is 17.8. The number of nitrogens with one attached hydrogen (secondary N) is 1. The van der Waals surface area contributed by atoms with E-state index in [0.717, 1.165) is 17.7 Å². The van der Waals surface area contributed by atoms with Gasteiger partial charge in [-0.3, -0.25) is 9.52 Å². The number of carbonyl (C=O) groups is 2. The van der Waals surface area contributed by atoms with Gasteiger partial charge in [-0.15, -0.1) is 11.8 Å². The number of nitrogens with zero attached hydrogens (tertiary/aromatic N) is 1. The van der Waals surface area contributed by atoms with Gasteiger partial charge in [0.1, 0.15) is 0 Å². The monoisotopic (exact) mass is 462 g/mol. The fourth-order valence-electron chi connectivity index (χ4n) is 3.44. The molecule has 1 heterocycles. The van der Waals surface area contributed by atoms with Gasteiger partial charge in [-0.05, 0) is 61.4 Å². The maximum atomic E-state index is 13.1. The van der Waals surface area contributed by atoms with Crippen LogP contribution < -0.4 is 4.72 Å². The zero-order valence-corrected chi connectivity index (χ0v) is 19.4. The Labute approximate surface area is 187 Å². The molecule has 3 rings (SSSR count). The number of ether oxygens (including phenoxy) is 1. The fourth-order valence-corrected chi connectivity index (χ4v) is 5.09. The Bertz CT molecular complexity index is 1080. The Hall–Kier alpha value is -2.52. The number of thioether (sulfide) groups is 1. The van der Waals surface area contributed by atoms with Crippen LogP contribution in [0.2, 0.25) is 0 Å². The number of benzene rings is 2. The van der Waals surface area contributed by atoms with Crippen molar-refractivity contribution in [2.24, 2.45) is 5.92 Å². The summed E-state index contributed by atoms with van der Waals surface area (Å²) in [6.07, 6.45) is 3.74. The van der Waals surface area contributed by atoms with E-state index in [1.165, 1.54) is 43.1 Å². The summed E-state index contributed by atoms with van der Waals surface area (Å²) in [7, 11) is -2.71. The van der Waals surface area contributed by atoms with Crippen LogP contribution in [0.25, 0.3) is 0 Å². The minimum Gasteiger partial charge on any atom is -0.465 e. The van der Waals surface area contributed by atoms with E-state index in [-0.39, 0.29) is 22.1 Å². The third-order valence-electron chi connectivity index (χ3n) is 5.32. The number of amides is 1. The Morgan fingerprint density at radius 2 is 1.84 bits per heavy atom. The molecule has 0 bridgehead atoms. The van der Waals surface area contributed by atoms with Gasteiger partial charge in [-0.2, -0.15) is 0 Å². The minimum atomic E-state index is -3.97. The van der Waals surface area contributed by atoms with Crippen molar-refractivity contribution >= 4 is 39.3 Å². The van der Waals surface area contributed by atoms with Gasteiger partial charge in [0.2, 0.25) is 0 Å². The summed E-state index contributed by atoms with van der Waals surface area (Å²) in [5.74, 6) is -0.129. The number of anilines is 1. The van der Waals surface area contributed by atoms with E-state index in [1.807, 2.05) is 6.26 Å². The van der Waals surface area contributed by atoms with Crippen LogP contribution in [0, 0.1) is 5.92 Å². The van der Waals surface area contributed by atoms with Crippen molar-refractivity contribution in [3.05, 3.63) is 53.6 Å². The van der Waals surface area contributed by atoms with Crippen LogP contribution in [0.15, 0.2) is 52.3 Å². The van der Waals surface area contributed by atoms with Gasteiger partial charge in [-0.1, -0.05) is 13.0 Å². The van der Waals surface area contributed by atoms with Crippen LogP contribution in [0.5, 0.6) is 0 Å². The number of methoxy groups -OCH3 is 1. The maximum absolute atomic E-state index is 13.1. The Balaban J connectivity index is 1.89. The minimum absolute atomic E-state index is 0.0116. The van der Waals surface area contributed by atoms with Gasteiger partial charge in [0.15, 0.2) is 0 Å². The van der Waals surface area contributed by atoms with Gasteiger partial charge < -0.3 is 9.64 Å². The molecule has 9 heteroatoms. The van der Waals surface area contributed by atoms with Crippen LogP contribution in [0.3, 0.4) is 0 Å². The van der Waals surface area contributed by atoms with Crippen molar-refractivity contribution in [2.75, 3.05) is 31.2 Å². The van der Waals surface area contributed by atoms with E-state index < -0.39 is 16.0 Å². The molecule has 0 spiro atoms. The van der Waals surface area contributed by atoms with Gasteiger partial charge >= 0.3 is 5.97 Å². The molecule has 2 aromatic carbocycles. The molecule has 2 aromatic rings. The number of esters is 1. The predicted octanol–water partition coefficient (Wildman–Crippen LogP) is 3.87. The molecule has 1 saturated heterocycles. The Kier molecular flexibility index (Phi) is 7.27. The molecule has 166 valence electrons. The van der Waals surface area contributed by atoms with E-state index >= 15 is 0 Å².